The molecule has 0 saturated carbocycles. The monoisotopic (exact) mass is 547 g/mol. The number of amides is 1. The predicted octanol–water partition coefficient (Wildman–Crippen LogP) is 3.57. The van der Waals surface area contributed by atoms with Crippen molar-refractivity contribution in [1.82, 2.24) is 4.98 Å². The Kier molecular flexibility index (Phi) is 9.26. The summed E-state index contributed by atoms with van der Waals surface area (Å²) in [4.78, 5) is 24.5. The second kappa shape index (κ2) is 13.0. The molecular formula is C29H37N7O4. The van der Waals surface area contributed by atoms with Crippen LogP contribution in [0.2, 0.25) is 0 Å². The van der Waals surface area contributed by atoms with Crippen LogP contribution in [-0.4, -0.2) is 47.2 Å². The third-order valence-corrected chi connectivity index (χ3v) is 6.89. The Balaban J connectivity index is 0.000000201. The van der Waals surface area contributed by atoms with Crippen LogP contribution >= 0.6 is 0 Å². The maximum Gasteiger partial charge on any atom is 0.282 e. The molecule has 0 saturated heterocycles. The third kappa shape index (κ3) is 7.75. The van der Waals surface area contributed by atoms with Gasteiger partial charge in [-0.25, -0.2) is 15.0 Å². The van der Waals surface area contributed by atoms with E-state index in [0.717, 1.165) is 31.4 Å². The van der Waals surface area contributed by atoms with E-state index in [2.05, 4.69) is 20.3 Å². The number of nitrogens with two attached hydrogens (primary N) is 3. The zero-order valence-electron chi connectivity index (χ0n) is 23.0. The number of nitrogen functional groups attached to an aromatic ring is 1. The van der Waals surface area contributed by atoms with E-state index in [-0.39, 0.29) is 36.2 Å². The first-order chi connectivity index (χ1) is 19.2. The van der Waals surface area contributed by atoms with Crippen molar-refractivity contribution in [2.45, 2.75) is 70.7 Å². The van der Waals surface area contributed by atoms with Gasteiger partial charge in [0, 0.05) is 11.4 Å². The smallest absolute Gasteiger partial charge is 0.282 e. The van der Waals surface area contributed by atoms with Crippen LogP contribution < -0.4 is 22.5 Å². The minimum absolute atomic E-state index is 0.0225. The second-order valence-electron chi connectivity index (χ2n) is 9.94. The first-order valence-corrected chi connectivity index (χ1v) is 13.3. The molecule has 40 heavy (non-hydrogen) atoms. The van der Waals surface area contributed by atoms with Gasteiger partial charge in [0.05, 0.1) is 12.1 Å². The maximum absolute atomic E-state index is 12.1. The van der Waals surface area contributed by atoms with Crippen LogP contribution in [0.1, 0.15) is 54.1 Å². The van der Waals surface area contributed by atoms with Gasteiger partial charge in [-0.3, -0.25) is 4.79 Å². The average Bonchev–Trinajstić information content (AvgIpc) is 3.60. The molecule has 0 aliphatic carbocycles. The summed E-state index contributed by atoms with van der Waals surface area (Å²) >= 11 is 0. The van der Waals surface area contributed by atoms with Crippen LogP contribution in [0.4, 0.5) is 11.4 Å². The van der Waals surface area contributed by atoms with Crippen molar-refractivity contribution in [3.05, 3.63) is 77.5 Å². The summed E-state index contributed by atoms with van der Waals surface area (Å²) in [6, 6.07) is 16.5. The van der Waals surface area contributed by atoms with Crippen molar-refractivity contribution in [1.29, 1.82) is 0 Å². The number of amidine groups is 2. The number of hydrogen-bond acceptors (Lipinski definition) is 10. The minimum atomic E-state index is -0.282. The molecule has 0 bridgehead atoms. The highest BCUT2D eigenvalue weighted by molar-refractivity contribution is 6.03. The quantitative estimate of drug-likeness (QED) is 0.309. The third-order valence-electron chi connectivity index (χ3n) is 6.89. The zero-order valence-corrected chi connectivity index (χ0v) is 23.0. The fourth-order valence-electron chi connectivity index (χ4n) is 4.52. The number of anilines is 2. The Morgan fingerprint density at radius 2 is 1.32 bits per heavy atom. The van der Waals surface area contributed by atoms with Crippen LogP contribution in [0.3, 0.4) is 0 Å². The van der Waals surface area contributed by atoms with Gasteiger partial charge in [0.1, 0.15) is 18.0 Å². The number of aryl methyl sites for hydroxylation is 3. The maximum atomic E-state index is 12.1. The number of benzene rings is 2. The summed E-state index contributed by atoms with van der Waals surface area (Å²) in [5.74, 6) is 0.215. The lowest BCUT2D eigenvalue weighted by atomic mass is 10.0. The largest absolute Gasteiger partial charge is 0.460 e. The van der Waals surface area contributed by atoms with Crippen molar-refractivity contribution in [3.8, 4) is 0 Å². The number of carbonyl (C=O) groups excluding carboxylic acids is 1. The summed E-state index contributed by atoms with van der Waals surface area (Å²) in [5.41, 5.74) is 21.0. The molecule has 7 N–H and O–H groups in total. The molecule has 3 heterocycles. The second-order valence-corrected chi connectivity index (χ2v) is 9.94. The summed E-state index contributed by atoms with van der Waals surface area (Å²) in [6.45, 7) is 5.67. The number of rotatable bonds is 8. The van der Waals surface area contributed by atoms with Crippen LogP contribution in [0.5, 0.6) is 0 Å². The summed E-state index contributed by atoms with van der Waals surface area (Å²) in [7, 11) is 0. The Hall–Kier alpha value is -4.54. The van der Waals surface area contributed by atoms with Crippen molar-refractivity contribution in [2.75, 3.05) is 11.1 Å². The number of ether oxygens (including phenoxy) is 2. The normalized spacial score (nSPS) is 21.4. The summed E-state index contributed by atoms with van der Waals surface area (Å²) in [5, 5.41) is 2.80. The highest BCUT2D eigenvalue weighted by Gasteiger charge is 2.26. The van der Waals surface area contributed by atoms with Gasteiger partial charge < -0.3 is 36.4 Å². The highest BCUT2D eigenvalue weighted by atomic mass is 16.5. The number of carbonyl (C=O) groups is 1. The first-order valence-electron chi connectivity index (χ1n) is 13.3. The van der Waals surface area contributed by atoms with Gasteiger partial charge >= 0.3 is 0 Å². The minimum Gasteiger partial charge on any atom is -0.460 e. The number of nitrogens with one attached hydrogen (secondary N) is 1. The SMILES string of the molecule is C[C@@H]1OC(N)=N[C@H]1CCc1ccc(N)cc1.Cc1ocnc1C(=O)Nc1ccc(CC[C@@H]2N=C(N)O[C@H]2C)cc1. The molecule has 0 unspecified atom stereocenters. The number of hydrogen-bond donors (Lipinski definition) is 4. The molecule has 4 atom stereocenters. The van der Waals surface area contributed by atoms with E-state index < -0.39 is 0 Å². The first kappa shape index (κ1) is 28.5. The molecule has 1 amide bonds. The van der Waals surface area contributed by atoms with Crippen LogP contribution in [0.15, 0.2) is 69.3 Å². The molecule has 212 valence electrons. The number of aliphatic imine (C=N–C) groups is 2. The lowest BCUT2D eigenvalue weighted by Crippen LogP contribution is -2.20. The molecule has 0 fully saturated rings. The van der Waals surface area contributed by atoms with E-state index in [1.54, 1.807) is 6.92 Å². The van der Waals surface area contributed by atoms with E-state index in [4.69, 9.17) is 31.1 Å². The standard InChI is InChI=1S/C17H20N4O3.C12H17N3O/c1-10-14(21-17(18)24-10)8-5-12-3-6-13(7-4-12)20-16(22)15-11(2)23-9-19-15;1-8-11(15-12(14)16-8)7-4-9-2-5-10(13)6-3-9/h3-4,6-7,9-10,14H,5,8H2,1-2H3,(H2,18,21)(H,20,22);2-3,5-6,8,11H,4,7,13H2,1H3,(H2,14,15)/t10-,14-;8-,11-/m00/s1. The molecule has 2 aromatic carbocycles. The molecular weight excluding hydrogens is 510 g/mol. The molecule has 2 aliphatic rings. The average molecular weight is 548 g/mol. The van der Waals surface area contributed by atoms with Gasteiger partial charge in [0.25, 0.3) is 18.0 Å². The lowest BCUT2D eigenvalue weighted by Gasteiger charge is -2.12. The van der Waals surface area contributed by atoms with E-state index in [9.17, 15) is 4.79 Å². The van der Waals surface area contributed by atoms with Crippen molar-refractivity contribution >= 4 is 29.3 Å². The molecule has 11 heteroatoms. The van der Waals surface area contributed by atoms with Gasteiger partial charge in [0.2, 0.25) is 0 Å². The number of oxazole rings is 1. The van der Waals surface area contributed by atoms with Gasteiger partial charge in [-0.05, 0) is 81.8 Å². The van der Waals surface area contributed by atoms with E-state index in [1.165, 1.54) is 17.5 Å². The van der Waals surface area contributed by atoms with Crippen LogP contribution in [-0.2, 0) is 22.3 Å². The van der Waals surface area contributed by atoms with Crippen LogP contribution in [0.25, 0.3) is 0 Å². The van der Waals surface area contributed by atoms with Gasteiger partial charge in [-0.1, -0.05) is 24.3 Å². The Labute approximate surface area is 233 Å². The topological polar surface area (TPSA) is 176 Å². The van der Waals surface area contributed by atoms with Gasteiger partial charge in [-0.2, -0.15) is 0 Å². The molecule has 3 aromatic rings. The highest BCUT2D eigenvalue weighted by Crippen LogP contribution is 2.20. The van der Waals surface area contributed by atoms with Gasteiger partial charge in [-0.15, -0.1) is 0 Å². The molecule has 5 rings (SSSR count). The zero-order chi connectivity index (χ0) is 28.6. The number of aromatic nitrogens is 1. The molecule has 2 aliphatic heterocycles. The van der Waals surface area contributed by atoms with Crippen molar-refractivity contribution < 1.29 is 18.7 Å². The van der Waals surface area contributed by atoms with Crippen molar-refractivity contribution in [3.63, 3.8) is 0 Å². The molecule has 11 nitrogen and oxygen atoms in total. The Morgan fingerprint density at radius 3 is 1.75 bits per heavy atom. The van der Waals surface area contributed by atoms with E-state index in [1.807, 2.05) is 62.4 Å². The van der Waals surface area contributed by atoms with E-state index >= 15 is 0 Å². The fraction of sp³-hybridized carbons (Fsp3) is 0.379. The number of nitrogens with zero attached hydrogens (tertiary/aromatic N) is 3. The molecule has 0 spiro atoms. The fourth-order valence-corrected chi connectivity index (χ4v) is 4.52. The van der Waals surface area contributed by atoms with Crippen molar-refractivity contribution in [2.24, 2.45) is 21.5 Å². The van der Waals surface area contributed by atoms with E-state index in [0.29, 0.717) is 23.2 Å². The molecule has 0 radical (unpaired) electrons. The Bertz CT molecular complexity index is 1340. The van der Waals surface area contributed by atoms with Gasteiger partial charge in [0.15, 0.2) is 12.1 Å². The lowest BCUT2D eigenvalue weighted by molar-refractivity contribution is 0.102. The predicted molar refractivity (Wildman–Crippen MR) is 155 cm³/mol. The van der Waals surface area contributed by atoms with Crippen LogP contribution in [0, 0.1) is 6.92 Å². The Morgan fingerprint density at radius 1 is 0.825 bits per heavy atom. The molecule has 1 aromatic heterocycles. The summed E-state index contributed by atoms with van der Waals surface area (Å²) in [6.07, 6.45) is 5.03. The summed E-state index contributed by atoms with van der Waals surface area (Å²) < 4.78 is 15.7.